The van der Waals surface area contributed by atoms with Crippen molar-refractivity contribution in [1.82, 2.24) is 0 Å². The van der Waals surface area contributed by atoms with E-state index in [4.69, 9.17) is 0 Å². The quantitative estimate of drug-likeness (QED) is 0.111. The van der Waals surface area contributed by atoms with Gasteiger partial charge in [0, 0.05) is 41.6 Å². The fraction of sp³-hybridized carbons (Fsp3) is 0.191. The van der Waals surface area contributed by atoms with Crippen LogP contribution in [-0.2, 0) is 36.5 Å². The van der Waals surface area contributed by atoms with Crippen molar-refractivity contribution in [1.29, 1.82) is 0 Å². The van der Waals surface area contributed by atoms with E-state index >= 15 is 0 Å². The third kappa shape index (κ3) is 8.51. The molecule has 3 aliphatic rings. The van der Waals surface area contributed by atoms with Crippen LogP contribution in [0.4, 0.5) is 11.4 Å². The van der Waals surface area contributed by atoms with E-state index in [1.54, 1.807) is 0 Å². The zero-order valence-electron chi connectivity index (χ0n) is 41.2. The lowest BCUT2D eigenvalue weighted by Gasteiger charge is -2.34. The summed E-state index contributed by atoms with van der Waals surface area (Å²) in [6.45, 7) is 4.85. The maximum Gasteiger partial charge on any atom is 0.210 e. The van der Waals surface area contributed by atoms with E-state index in [0.29, 0.717) is 0 Å². The maximum absolute atomic E-state index is 2.47. The highest BCUT2D eigenvalue weighted by Crippen LogP contribution is 2.54. The molecule has 0 aromatic heterocycles. The molecule has 0 unspecified atom stereocenters. The maximum atomic E-state index is 2.47. The minimum Gasteiger partial charge on any atom is -0.347 e. The molecule has 8 aromatic carbocycles. The Kier molecular flexibility index (Phi) is 12.0. The van der Waals surface area contributed by atoms with E-state index in [0.717, 1.165) is 38.5 Å². The second-order valence-corrected chi connectivity index (χ2v) is 20.9. The van der Waals surface area contributed by atoms with Gasteiger partial charge in [-0.2, -0.15) is 4.58 Å². The Labute approximate surface area is 415 Å². The first-order valence-electron chi connectivity index (χ1n) is 25.2. The van der Waals surface area contributed by atoms with Gasteiger partial charge in [-0.3, -0.25) is 0 Å². The summed E-state index contributed by atoms with van der Waals surface area (Å²) >= 11 is 0. The van der Waals surface area contributed by atoms with E-state index < -0.39 is 0 Å². The molecule has 2 aliphatic heterocycles. The second kappa shape index (κ2) is 18.7. The van der Waals surface area contributed by atoms with E-state index in [1.165, 1.54) is 88.9 Å². The lowest BCUT2D eigenvalue weighted by atomic mass is 9.67. The summed E-state index contributed by atoms with van der Waals surface area (Å²) in [4.78, 5) is 2.47. The molecular formula is C68H63N2+. The molecule has 0 spiro atoms. The summed E-state index contributed by atoms with van der Waals surface area (Å²) in [6.07, 6.45) is 22.4. The van der Waals surface area contributed by atoms with Gasteiger partial charge in [-0.15, -0.1) is 0 Å². The van der Waals surface area contributed by atoms with Crippen molar-refractivity contribution in [2.24, 2.45) is 5.41 Å². The number of fused-ring (bicyclic) bond motifs is 6. The highest BCUT2D eigenvalue weighted by Gasteiger charge is 2.51. The fourth-order valence-corrected chi connectivity index (χ4v) is 12.7. The molecule has 2 heterocycles. The van der Waals surface area contributed by atoms with Gasteiger partial charge in [-0.05, 0) is 123 Å². The fourth-order valence-electron chi connectivity index (χ4n) is 12.7. The predicted octanol–water partition coefficient (Wildman–Crippen LogP) is 16.0. The number of nitrogens with zero attached hydrogens (tertiary/aromatic N) is 2. The normalized spacial score (nSPS) is 18.1. The summed E-state index contributed by atoms with van der Waals surface area (Å²) in [5.41, 5.74) is 15.7. The lowest BCUT2D eigenvalue weighted by molar-refractivity contribution is -0.401. The molecule has 2 heteroatoms. The smallest absolute Gasteiger partial charge is 0.210 e. The first-order valence-corrected chi connectivity index (χ1v) is 25.2. The van der Waals surface area contributed by atoms with Crippen molar-refractivity contribution in [3.8, 4) is 0 Å². The number of likely N-dealkylation sites (N-methyl/N-ethyl adjacent to an activating group) is 1. The molecule has 2 nitrogen and oxygen atoms in total. The summed E-state index contributed by atoms with van der Waals surface area (Å²) < 4.78 is 2.47. The molecule has 0 saturated carbocycles. The minimum absolute atomic E-state index is 0.113. The van der Waals surface area contributed by atoms with Gasteiger partial charge < -0.3 is 4.90 Å². The molecule has 0 N–H and O–H groups in total. The number of hydrogen-bond acceptors (Lipinski definition) is 1. The van der Waals surface area contributed by atoms with Gasteiger partial charge in [0.15, 0.2) is 5.71 Å². The van der Waals surface area contributed by atoms with Gasteiger partial charge in [0.25, 0.3) is 0 Å². The summed E-state index contributed by atoms with van der Waals surface area (Å²) in [5, 5.41) is 5.24. The SMILES string of the molecule is CN1/C(=C/C=C/C2=CC(=C/C=C/C3=[N+](C)c4ccc5ccccc5c4C3(Cc3ccccc3)Cc3ccccc3)/CC(C)(C)C2)C(Cc2ccccc2)(Cc2ccccc2)c2c1ccc1ccccc21. The molecule has 0 saturated heterocycles. The average molecular weight is 908 g/mol. The number of benzene rings is 8. The van der Waals surface area contributed by atoms with Gasteiger partial charge >= 0.3 is 0 Å². The molecule has 11 rings (SSSR count). The molecule has 1 aliphatic carbocycles. The van der Waals surface area contributed by atoms with Gasteiger partial charge in [0.05, 0.1) is 5.41 Å². The standard InChI is InChI=1S/C68H63N2/c1-66(2)44-54(31-21-37-62-67(46-50-23-9-5-10-24-50,47-51-25-11-6-12-26-51)64-58-35-19-17-33-56(58)39-41-60(64)69(62)3)43-55(45-66)32-22-38-63-68(48-52-27-13-7-14-28-52,49-53-29-15-8-16-30-53)65-59-36-20-18-34-57(59)40-42-61(65)70(63)4/h5-43H,44-49H2,1-4H3/q+1. The van der Waals surface area contributed by atoms with Crippen LogP contribution in [0.1, 0.15) is 60.1 Å². The van der Waals surface area contributed by atoms with Crippen molar-refractivity contribution >= 4 is 38.6 Å². The second-order valence-electron chi connectivity index (χ2n) is 20.9. The van der Waals surface area contributed by atoms with Gasteiger partial charge in [0.1, 0.15) is 7.05 Å². The Hall–Kier alpha value is -7.55. The summed E-state index contributed by atoms with van der Waals surface area (Å²) in [7, 11) is 4.55. The van der Waals surface area contributed by atoms with Crippen LogP contribution in [0.15, 0.2) is 253 Å². The molecule has 0 atom stereocenters. The average Bonchev–Trinajstić information content (AvgIpc) is 3.74. The van der Waals surface area contributed by atoms with Crippen molar-refractivity contribution in [2.75, 3.05) is 19.0 Å². The van der Waals surface area contributed by atoms with Gasteiger partial charge in [-0.1, -0.05) is 220 Å². The van der Waals surface area contributed by atoms with E-state index in [9.17, 15) is 0 Å². The van der Waals surface area contributed by atoms with E-state index in [1.807, 2.05) is 0 Å². The molecule has 70 heavy (non-hydrogen) atoms. The predicted molar refractivity (Wildman–Crippen MR) is 297 cm³/mol. The zero-order valence-corrected chi connectivity index (χ0v) is 41.2. The third-order valence-electron chi connectivity index (χ3n) is 15.5. The third-order valence-corrected chi connectivity index (χ3v) is 15.5. The molecule has 0 radical (unpaired) electrons. The highest BCUT2D eigenvalue weighted by atomic mass is 15.2. The molecule has 0 bridgehead atoms. The molecule has 0 fully saturated rings. The number of allylic oxidation sites excluding steroid dienone is 10. The summed E-state index contributed by atoms with van der Waals surface area (Å²) in [6, 6.07) is 71.7. The molecular weight excluding hydrogens is 845 g/mol. The van der Waals surface area contributed by atoms with E-state index in [-0.39, 0.29) is 16.2 Å². The van der Waals surface area contributed by atoms with Crippen LogP contribution < -0.4 is 4.90 Å². The van der Waals surface area contributed by atoms with Crippen LogP contribution in [0.2, 0.25) is 0 Å². The monoisotopic (exact) mass is 907 g/mol. The largest absolute Gasteiger partial charge is 0.347 e. The zero-order chi connectivity index (χ0) is 47.7. The Morgan fingerprint density at radius 1 is 0.486 bits per heavy atom. The first kappa shape index (κ1) is 44.9. The van der Waals surface area contributed by atoms with Crippen LogP contribution in [0.25, 0.3) is 21.5 Å². The van der Waals surface area contributed by atoms with E-state index in [2.05, 4.69) is 274 Å². The van der Waals surface area contributed by atoms with Gasteiger partial charge in [-0.25, -0.2) is 0 Å². The van der Waals surface area contributed by atoms with Crippen LogP contribution >= 0.6 is 0 Å². The Balaban J connectivity index is 0.984. The number of hydrogen-bond donors (Lipinski definition) is 0. The molecule has 344 valence electrons. The van der Waals surface area contributed by atoms with Crippen LogP contribution in [0.5, 0.6) is 0 Å². The van der Waals surface area contributed by atoms with Crippen molar-refractivity contribution < 1.29 is 4.58 Å². The Morgan fingerprint density at radius 2 is 0.957 bits per heavy atom. The van der Waals surface area contributed by atoms with Crippen LogP contribution in [-0.4, -0.2) is 24.4 Å². The van der Waals surface area contributed by atoms with Crippen LogP contribution in [0.3, 0.4) is 0 Å². The Bertz CT molecular complexity index is 3320. The topological polar surface area (TPSA) is 6.25 Å². The summed E-state index contributed by atoms with van der Waals surface area (Å²) in [5.74, 6) is 0. The van der Waals surface area contributed by atoms with Crippen LogP contribution in [0, 0.1) is 5.41 Å². The highest BCUT2D eigenvalue weighted by molar-refractivity contribution is 6.08. The lowest BCUT2D eigenvalue weighted by Crippen LogP contribution is -2.39. The molecule has 8 aromatic rings. The van der Waals surface area contributed by atoms with Crippen molar-refractivity contribution in [3.05, 3.63) is 287 Å². The first-order chi connectivity index (χ1) is 34.2. The van der Waals surface area contributed by atoms with Crippen molar-refractivity contribution in [3.63, 3.8) is 0 Å². The van der Waals surface area contributed by atoms with Crippen molar-refractivity contribution in [2.45, 2.75) is 63.2 Å². The minimum atomic E-state index is -0.290. The number of anilines is 1. The molecule has 0 amide bonds. The number of rotatable bonds is 12. The Morgan fingerprint density at radius 3 is 1.51 bits per heavy atom. The van der Waals surface area contributed by atoms with Gasteiger partial charge in [0.2, 0.25) is 5.69 Å².